The fourth-order valence-corrected chi connectivity index (χ4v) is 4.72. The third-order valence-corrected chi connectivity index (χ3v) is 6.70. The molecule has 180 valence electrons. The van der Waals surface area contributed by atoms with Gasteiger partial charge in [-0.15, -0.1) is 0 Å². The Morgan fingerprint density at radius 1 is 1.03 bits per heavy atom. The molecule has 7 nitrogen and oxygen atoms in total. The molecule has 2 amide bonds. The first-order valence-corrected chi connectivity index (χ1v) is 12.0. The van der Waals surface area contributed by atoms with Crippen molar-refractivity contribution in [3.05, 3.63) is 83.9 Å². The van der Waals surface area contributed by atoms with Crippen molar-refractivity contribution in [3.63, 3.8) is 0 Å². The summed E-state index contributed by atoms with van der Waals surface area (Å²) in [5.74, 6) is 1.08. The molecule has 1 fully saturated rings. The van der Waals surface area contributed by atoms with Gasteiger partial charge in [-0.3, -0.25) is 14.5 Å². The van der Waals surface area contributed by atoms with Crippen LogP contribution in [0.2, 0.25) is 0 Å². The third-order valence-electron chi connectivity index (χ3n) is 5.51. The second-order valence-electron chi connectivity index (χ2n) is 8.09. The Balaban J connectivity index is 1.59. The lowest BCUT2D eigenvalue weighted by Gasteiger charge is -2.32. The summed E-state index contributed by atoms with van der Waals surface area (Å²) in [6.45, 7) is 2.31. The molecule has 8 heteroatoms. The van der Waals surface area contributed by atoms with Gasteiger partial charge in [0, 0.05) is 12.1 Å². The number of anilines is 1. The predicted octanol–water partition coefficient (Wildman–Crippen LogP) is 5.17. The van der Waals surface area contributed by atoms with E-state index in [-0.39, 0.29) is 18.2 Å². The van der Waals surface area contributed by atoms with E-state index in [1.165, 1.54) is 11.8 Å². The molecule has 0 aliphatic carbocycles. The van der Waals surface area contributed by atoms with Gasteiger partial charge in [-0.05, 0) is 66.6 Å². The van der Waals surface area contributed by atoms with E-state index < -0.39 is 5.25 Å². The number of benzene rings is 3. The highest BCUT2D eigenvalue weighted by atomic mass is 32.2. The lowest BCUT2D eigenvalue weighted by Crippen LogP contribution is -2.44. The van der Waals surface area contributed by atoms with Crippen molar-refractivity contribution < 1.29 is 19.1 Å². The zero-order chi connectivity index (χ0) is 24.8. The number of nitrogens with one attached hydrogen (secondary N) is 1. The molecule has 4 rings (SSSR count). The van der Waals surface area contributed by atoms with Crippen LogP contribution in [0.1, 0.15) is 17.5 Å². The molecular weight excluding hydrogens is 462 g/mol. The first-order chi connectivity index (χ1) is 16.9. The maximum Gasteiger partial charge on any atom is 0.238 e. The number of nitrogens with zero attached hydrogens (tertiary/aromatic N) is 2. The quantitative estimate of drug-likeness (QED) is 0.495. The molecule has 1 aliphatic heterocycles. The summed E-state index contributed by atoms with van der Waals surface area (Å²) in [5.41, 5.74) is 3.35. The molecule has 35 heavy (non-hydrogen) atoms. The average Bonchev–Trinajstić information content (AvgIpc) is 2.86. The van der Waals surface area contributed by atoms with E-state index in [1.807, 2.05) is 79.7 Å². The van der Waals surface area contributed by atoms with Crippen LogP contribution in [-0.4, -0.2) is 41.4 Å². The van der Waals surface area contributed by atoms with Crippen LogP contribution in [0.5, 0.6) is 11.5 Å². The normalized spacial score (nSPS) is 16.8. The van der Waals surface area contributed by atoms with Gasteiger partial charge in [0.25, 0.3) is 0 Å². The number of amides is 2. The Morgan fingerprint density at radius 3 is 2.31 bits per heavy atom. The highest BCUT2D eigenvalue weighted by Crippen LogP contribution is 2.31. The van der Waals surface area contributed by atoms with Crippen molar-refractivity contribution in [1.82, 2.24) is 4.90 Å². The number of thioether (sulfide) groups is 1. The Bertz CT molecular complexity index is 1230. The van der Waals surface area contributed by atoms with Crippen LogP contribution < -0.4 is 14.8 Å². The van der Waals surface area contributed by atoms with E-state index in [4.69, 9.17) is 14.5 Å². The molecule has 1 heterocycles. The van der Waals surface area contributed by atoms with Gasteiger partial charge in [-0.2, -0.15) is 0 Å². The van der Waals surface area contributed by atoms with E-state index in [0.29, 0.717) is 28.8 Å². The summed E-state index contributed by atoms with van der Waals surface area (Å²) < 4.78 is 10.5. The lowest BCUT2D eigenvalue weighted by molar-refractivity contribution is -0.129. The molecule has 0 saturated carbocycles. The van der Waals surface area contributed by atoms with Crippen molar-refractivity contribution in [2.75, 3.05) is 19.5 Å². The second-order valence-corrected chi connectivity index (χ2v) is 9.26. The molecule has 0 spiro atoms. The Labute approximate surface area is 209 Å². The number of carbonyl (C=O) groups excluding carboxylic acids is 2. The summed E-state index contributed by atoms with van der Waals surface area (Å²) in [6.07, 6.45) is 0.0834. The second kappa shape index (κ2) is 11.1. The van der Waals surface area contributed by atoms with Crippen molar-refractivity contribution in [1.29, 1.82) is 0 Å². The smallest absolute Gasteiger partial charge is 0.238 e. The average molecular weight is 490 g/mol. The minimum atomic E-state index is -0.591. The van der Waals surface area contributed by atoms with Crippen LogP contribution in [-0.2, 0) is 16.1 Å². The van der Waals surface area contributed by atoms with Gasteiger partial charge in [0.1, 0.15) is 16.7 Å². The summed E-state index contributed by atoms with van der Waals surface area (Å²) in [7, 11) is 3.21. The van der Waals surface area contributed by atoms with Gasteiger partial charge in [-0.1, -0.05) is 36.0 Å². The predicted molar refractivity (Wildman–Crippen MR) is 139 cm³/mol. The Morgan fingerprint density at radius 2 is 1.69 bits per heavy atom. The van der Waals surface area contributed by atoms with Crippen molar-refractivity contribution in [2.24, 2.45) is 4.99 Å². The van der Waals surface area contributed by atoms with Crippen LogP contribution >= 0.6 is 11.8 Å². The van der Waals surface area contributed by atoms with Crippen LogP contribution in [0.25, 0.3) is 0 Å². The maximum absolute atomic E-state index is 13.3. The molecule has 1 atom stereocenters. The van der Waals surface area contributed by atoms with Gasteiger partial charge < -0.3 is 14.8 Å². The number of rotatable bonds is 7. The van der Waals surface area contributed by atoms with E-state index in [0.717, 1.165) is 16.9 Å². The molecule has 0 aromatic heterocycles. The maximum atomic E-state index is 13.3. The number of methoxy groups -OCH3 is 2. The number of aliphatic imine (C=N–C) groups is 1. The standard InChI is InChI=1S/C27H27N3O4S/c1-18-5-4-6-21(15-18)28-26(32)24-16-25(31)30(17-19-7-11-22(33-2)12-8-19)27(35-24)29-20-9-13-23(34-3)14-10-20/h4-15,24H,16-17H2,1-3H3,(H,28,32). The van der Waals surface area contributed by atoms with Gasteiger partial charge in [-0.25, -0.2) is 4.99 Å². The zero-order valence-electron chi connectivity index (χ0n) is 19.9. The van der Waals surface area contributed by atoms with Crippen LogP contribution in [0.4, 0.5) is 11.4 Å². The number of amidine groups is 1. The number of aryl methyl sites for hydroxylation is 1. The highest BCUT2D eigenvalue weighted by molar-refractivity contribution is 8.15. The zero-order valence-corrected chi connectivity index (χ0v) is 20.7. The fourth-order valence-electron chi connectivity index (χ4n) is 3.62. The molecule has 3 aromatic rings. The number of hydrogen-bond donors (Lipinski definition) is 1. The summed E-state index contributed by atoms with van der Waals surface area (Å²) in [5, 5.41) is 2.82. The van der Waals surface area contributed by atoms with E-state index in [1.54, 1.807) is 19.1 Å². The van der Waals surface area contributed by atoms with E-state index in [2.05, 4.69) is 5.32 Å². The molecule has 1 aliphatic rings. The molecule has 0 radical (unpaired) electrons. The van der Waals surface area contributed by atoms with Crippen LogP contribution in [0.15, 0.2) is 77.8 Å². The number of hydrogen-bond acceptors (Lipinski definition) is 6. The van der Waals surface area contributed by atoms with Gasteiger partial charge in [0.2, 0.25) is 11.8 Å². The summed E-state index contributed by atoms with van der Waals surface area (Å²) in [6, 6.07) is 22.4. The van der Waals surface area contributed by atoms with Crippen molar-refractivity contribution in [2.45, 2.75) is 25.1 Å². The topological polar surface area (TPSA) is 80.2 Å². The molecule has 3 aromatic carbocycles. The van der Waals surface area contributed by atoms with Crippen molar-refractivity contribution in [3.8, 4) is 11.5 Å². The van der Waals surface area contributed by atoms with Gasteiger partial charge in [0.15, 0.2) is 5.17 Å². The van der Waals surface area contributed by atoms with Crippen LogP contribution in [0.3, 0.4) is 0 Å². The molecule has 1 N–H and O–H groups in total. The number of carbonyl (C=O) groups is 2. The van der Waals surface area contributed by atoms with Gasteiger partial charge >= 0.3 is 0 Å². The Hall–Kier alpha value is -3.78. The largest absolute Gasteiger partial charge is 0.497 e. The molecule has 1 saturated heterocycles. The highest BCUT2D eigenvalue weighted by Gasteiger charge is 2.36. The van der Waals surface area contributed by atoms with Crippen molar-refractivity contribution >= 4 is 40.1 Å². The first kappa shape index (κ1) is 24.3. The van der Waals surface area contributed by atoms with Crippen LogP contribution in [0, 0.1) is 6.92 Å². The summed E-state index contributed by atoms with van der Waals surface area (Å²) in [4.78, 5) is 32.7. The molecule has 1 unspecified atom stereocenters. The fraction of sp³-hybridized carbons (Fsp3) is 0.222. The minimum Gasteiger partial charge on any atom is -0.497 e. The first-order valence-electron chi connectivity index (χ1n) is 11.2. The van der Waals surface area contributed by atoms with E-state index >= 15 is 0 Å². The SMILES string of the molecule is COc1ccc(CN2C(=O)CC(C(=O)Nc3cccc(C)c3)SC2=Nc2ccc(OC)cc2)cc1. The monoisotopic (exact) mass is 489 g/mol. The molecule has 0 bridgehead atoms. The van der Waals surface area contributed by atoms with Gasteiger partial charge in [0.05, 0.1) is 26.5 Å². The Kier molecular flexibility index (Phi) is 7.72. The lowest BCUT2D eigenvalue weighted by atomic mass is 10.1. The summed E-state index contributed by atoms with van der Waals surface area (Å²) >= 11 is 1.29. The third kappa shape index (κ3) is 6.22. The molecular formula is C27H27N3O4S. The minimum absolute atomic E-state index is 0.0834. The van der Waals surface area contributed by atoms with E-state index in [9.17, 15) is 9.59 Å². The number of ether oxygens (including phenoxy) is 2.